The smallest absolute Gasteiger partial charge is 0.162 e. The van der Waals surface area contributed by atoms with Gasteiger partial charge in [0.05, 0.1) is 30.1 Å². The summed E-state index contributed by atoms with van der Waals surface area (Å²) in [7, 11) is 0. The molecule has 1 N–H and O–H groups in total. The number of aryl methyl sites for hydroxylation is 1. The minimum atomic E-state index is -0.441. The minimum Gasteiger partial charge on any atom is -0.376 e. The highest BCUT2D eigenvalue weighted by atomic mass is 19.1. The molecule has 0 unspecified atom stereocenters. The summed E-state index contributed by atoms with van der Waals surface area (Å²) in [5.41, 5.74) is 3.22. The van der Waals surface area contributed by atoms with Gasteiger partial charge in [0.1, 0.15) is 11.6 Å². The molecule has 2 aromatic carbocycles. The van der Waals surface area contributed by atoms with E-state index in [1.54, 1.807) is 0 Å². The van der Waals surface area contributed by atoms with Crippen LogP contribution < -0.4 is 5.32 Å². The standard InChI is InChI=1S/C21H23FN4O/c1-14-11-16(22)12-17-19(14)26-18(24-25-20(26)21(2,3)23-17)9-10-27-13-15-7-5-4-6-8-15/h4-8,11-12,23H,9-10,13H2,1-3H3. The highest BCUT2D eigenvalue weighted by molar-refractivity contribution is 5.69. The van der Waals surface area contributed by atoms with E-state index in [0.29, 0.717) is 19.6 Å². The number of nitrogens with one attached hydrogen (secondary N) is 1. The van der Waals surface area contributed by atoms with Gasteiger partial charge >= 0.3 is 0 Å². The van der Waals surface area contributed by atoms with Crippen LogP contribution in [-0.2, 0) is 23.3 Å². The van der Waals surface area contributed by atoms with Crippen LogP contribution >= 0.6 is 0 Å². The van der Waals surface area contributed by atoms with Gasteiger partial charge in [-0.2, -0.15) is 0 Å². The number of hydrogen-bond donors (Lipinski definition) is 1. The zero-order valence-corrected chi connectivity index (χ0v) is 15.8. The predicted molar refractivity (Wildman–Crippen MR) is 103 cm³/mol. The van der Waals surface area contributed by atoms with Crippen LogP contribution in [0.4, 0.5) is 10.1 Å². The summed E-state index contributed by atoms with van der Waals surface area (Å²) in [4.78, 5) is 0. The second kappa shape index (κ2) is 6.78. The first-order valence-corrected chi connectivity index (χ1v) is 9.11. The first-order valence-electron chi connectivity index (χ1n) is 9.11. The van der Waals surface area contributed by atoms with Crippen molar-refractivity contribution >= 4 is 5.69 Å². The Morgan fingerprint density at radius 1 is 1.15 bits per heavy atom. The van der Waals surface area contributed by atoms with Crippen LogP contribution in [0, 0.1) is 12.7 Å². The Kier molecular flexibility index (Phi) is 4.44. The molecule has 0 spiro atoms. The molecule has 0 amide bonds. The van der Waals surface area contributed by atoms with Crippen molar-refractivity contribution in [3.05, 3.63) is 71.1 Å². The minimum absolute atomic E-state index is 0.251. The van der Waals surface area contributed by atoms with Gasteiger partial charge in [-0.05, 0) is 44.0 Å². The van der Waals surface area contributed by atoms with Crippen molar-refractivity contribution in [2.75, 3.05) is 11.9 Å². The third-order valence-electron chi connectivity index (χ3n) is 4.81. The molecule has 0 aliphatic carbocycles. The number of nitrogens with zero attached hydrogens (tertiary/aromatic N) is 3. The van der Waals surface area contributed by atoms with Gasteiger partial charge in [0.15, 0.2) is 5.82 Å². The molecular formula is C21H23FN4O. The monoisotopic (exact) mass is 366 g/mol. The molecule has 1 aliphatic rings. The van der Waals surface area contributed by atoms with E-state index in [4.69, 9.17) is 4.74 Å². The topological polar surface area (TPSA) is 52.0 Å². The van der Waals surface area contributed by atoms with Crippen molar-refractivity contribution in [1.29, 1.82) is 0 Å². The summed E-state index contributed by atoms with van der Waals surface area (Å²) in [5.74, 6) is 1.39. The molecule has 1 aliphatic heterocycles. The second-order valence-electron chi connectivity index (χ2n) is 7.43. The lowest BCUT2D eigenvalue weighted by molar-refractivity contribution is 0.122. The molecule has 6 heteroatoms. The van der Waals surface area contributed by atoms with E-state index >= 15 is 0 Å². The number of hydrogen-bond acceptors (Lipinski definition) is 4. The maximum atomic E-state index is 13.9. The SMILES string of the molecule is Cc1cc(F)cc2c1-n1c(CCOCc3ccccc3)nnc1C(C)(C)N2. The zero-order valence-electron chi connectivity index (χ0n) is 15.8. The van der Waals surface area contributed by atoms with Gasteiger partial charge in [0, 0.05) is 6.42 Å². The average molecular weight is 366 g/mol. The Labute approximate surface area is 158 Å². The molecule has 5 nitrogen and oxygen atoms in total. The van der Waals surface area contributed by atoms with E-state index in [9.17, 15) is 4.39 Å². The Morgan fingerprint density at radius 2 is 1.93 bits per heavy atom. The van der Waals surface area contributed by atoms with Crippen molar-refractivity contribution in [3.63, 3.8) is 0 Å². The van der Waals surface area contributed by atoms with Gasteiger partial charge in [-0.15, -0.1) is 10.2 Å². The van der Waals surface area contributed by atoms with Gasteiger partial charge in [-0.1, -0.05) is 30.3 Å². The van der Waals surface area contributed by atoms with Crippen LogP contribution in [0.1, 0.15) is 36.6 Å². The molecule has 4 rings (SSSR count). The van der Waals surface area contributed by atoms with Gasteiger partial charge in [-0.25, -0.2) is 4.39 Å². The average Bonchev–Trinajstić information content (AvgIpc) is 3.03. The zero-order chi connectivity index (χ0) is 19.0. The number of fused-ring (bicyclic) bond motifs is 3. The second-order valence-corrected chi connectivity index (χ2v) is 7.43. The summed E-state index contributed by atoms with van der Waals surface area (Å²) in [6.45, 7) is 7.05. The normalized spacial score (nSPS) is 14.4. The number of halogens is 1. The lowest BCUT2D eigenvalue weighted by Gasteiger charge is -2.34. The van der Waals surface area contributed by atoms with Crippen LogP contribution in [0.3, 0.4) is 0 Å². The van der Waals surface area contributed by atoms with Crippen molar-refractivity contribution in [2.45, 2.75) is 39.3 Å². The first kappa shape index (κ1) is 17.7. The molecule has 27 heavy (non-hydrogen) atoms. The van der Waals surface area contributed by atoms with E-state index in [2.05, 4.69) is 15.5 Å². The molecule has 0 atom stereocenters. The molecule has 140 valence electrons. The quantitative estimate of drug-likeness (QED) is 0.690. The van der Waals surface area contributed by atoms with Crippen molar-refractivity contribution in [2.24, 2.45) is 0 Å². The van der Waals surface area contributed by atoms with E-state index in [-0.39, 0.29) is 5.82 Å². The molecule has 2 heterocycles. The van der Waals surface area contributed by atoms with Crippen LogP contribution in [-0.4, -0.2) is 21.4 Å². The lowest BCUT2D eigenvalue weighted by Crippen LogP contribution is -2.36. The fourth-order valence-electron chi connectivity index (χ4n) is 3.57. The van der Waals surface area contributed by atoms with Crippen LogP contribution in [0.15, 0.2) is 42.5 Å². The largest absolute Gasteiger partial charge is 0.376 e. The number of aromatic nitrogens is 3. The fourth-order valence-corrected chi connectivity index (χ4v) is 3.57. The van der Waals surface area contributed by atoms with E-state index in [1.807, 2.05) is 55.7 Å². The summed E-state index contributed by atoms with van der Waals surface area (Å²) < 4.78 is 21.8. The summed E-state index contributed by atoms with van der Waals surface area (Å²) in [6.07, 6.45) is 0.631. The van der Waals surface area contributed by atoms with E-state index in [0.717, 1.165) is 34.2 Å². The Morgan fingerprint density at radius 3 is 2.70 bits per heavy atom. The van der Waals surface area contributed by atoms with Gasteiger partial charge in [0.2, 0.25) is 0 Å². The lowest BCUT2D eigenvalue weighted by atomic mass is 9.98. The summed E-state index contributed by atoms with van der Waals surface area (Å²) >= 11 is 0. The molecular weight excluding hydrogens is 343 g/mol. The first-order chi connectivity index (χ1) is 13.0. The number of ether oxygens (including phenoxy) is 1. The molecule has 0 saturated heterocycles. The molecule has 0 saturated carbocycles. The Balaban J connectivity index is 1.59. The third kappa shape index (κ3) is 3.32. The van der Waals surface area contributed by atoms with Crippen molar-refractivity contribution in [3.8, 4) is 5.69 Å². The fraction of sp³-hybridized carbons (Fsp3) is 0.333. The molecule has 0 bridgehead atoms. The maximum Gasteiger partial charge on any atom is 0.162 e. The number of anilines is 1. The number of benzene rings is 2. The van der Waals surface area contributed by atoms with Gasteiger partial charge < -0.3 is 10.1 Å². The van der Waals surface area contributed by atoms with E-state index in [1.165, 1.54) is 12.1 Å². The highest BCUT2D eigenvalue weighted by Gasteiger charge is 2.35. The van der Waals surface area contributed by atoms with Crippen molar-refractivity contribution in [1.82, 2.24) is 14.8 Å². The maximum absolute atomic E-state index is 13.9. The molecule has 0 radical (unpaired) electrons. The predicted octanol–water partition coefficient (Wildman–Crippen LogP) is 4.13. The van der Waals surface area contributed by atoms with Crippen LogP contribution in [0.5, 0.6) is 0 Å². The van der Waals surface area contributed by atoms with Gasteiger partial charge in [-0.3, -0.25) is 4.57 Å². The van der Waals surface area contributed by atoms with Crippen LogP contribution in [0.25, 0.3) is 5.69 Å². The number of rotatable bonds is 5. The highest BCUT2D eigenvalue weighted by Crippen LogP contribution is 2.38. The third-order valence-corrected chi connectivity index (χ3v) is 4.81. The Bertz CT molecular complexity index is 966. The summed E-state index contributed by atoms with van der Waals surface area (Å²) in [5, 5.41) is 12.2. The van der Waals surface area contributed by atoms with Gasteiger partial charge in [0.25, 0.3) is 0 Å². The molecule has 0 fully saturated rings. The Hall–Kier alpha value is -2.73. The van der Waals surface area contributed by atoms with Crippen LogP contribution in [0.2, 0.25) is 0 Å². The molecule has 3 aromatic rings. The van der Waals surface area contributed by atoms with E-state index < -0.39 is 5.54 Å². The summed E-state index contributed by atoms with van der Waals surface area (Å²) in [6, 6.07) is 13.1. The molecule has 1 aromatic heterocycles. The van der Waals surface area contributed by atoms with Crippen molar-refractivity contribution < 1.29 is 9.13 Å².